The molecule has 0 bridgehead atoms. The number of aryl methyl sites for hydroxylation is 2. The molecule has 0 saturated heterocycles. The van der Waals surface area contributed by atoms with Gasteiger partial charge in [0.15, 0.2) is 23.0 Å². The number of hydrogen-bond donors (Lipinski definition) is 6. The molecule has 180 valence electrons. The fourth-order valence-electron chi connectivity index (χ4n) is 4.19. The number of unbranched alkanes of at least 4 members (excludes halogenated alkanes) is 2. The first-order chi connectivity index (χ1) is 14.4. The summed E-state index contributed by atoms with van der Waals surface area (Å²) in [5.41, 5.74) is 9.48. The van der Waals surface area contributed by atoms with Crippen molar-refractivity contribution in [3.05, 3.63) is 47.0 Å². The Bertz CT molecular complexity index is 851. The van der Waals surface area contributed by atoms with Crippen molar-refractivity contribution in [2.45, 2.75) is 69.9 Å². The zero-order valence-electron chi connectivity index (χ0n) is 18.3. The minimum atomic E-state index is -0.0912. The maximum Gasteiger partial charge on any atom is 0.157 e. The highest BCUT2D eigenvalue weighted by atomic mass is 79.9. The summed E-state index contributed by atoms with van der Waals surface area (Å²) in [6.45, 7) is 0.978. The predicted octanol–water partition coefficient (Wildman–Crippen LogP) is 4.63. The molecule has 2 aromatic carbocycles. The Morgan fingerprint density at radius 1 is 0.844 bits per heavy atom. The first-order valence-electron chi connectivity index (χ1n) is 11.0. The quantitative estimate of drug-likeness (QED) is 0.181. The van der Waals surface area contributed by atoms with Crippen molar-refractivity contribution in [2.24, 2.45) is 5.73 Å². The normalized spacial score (nSPS) is 15.8. The number of nitrogens with two attached hydrogens (primary N) is 1. The van der Waals surface area contributed by atoms with E-state index in [0.29, 0.717) is 6.04 Å². The summed E-state index contributed by atoms with van der Waals surface area (Å²) in [6, 6.07) is 8.88. The van der Waals surface area contributed by atoms with Gasteiger partial charge in [0.1, 0.15) is 0 Å². The van der Waals surface area contributed by atoms with E-state index in [1.807, 2.05) is 6.07 Å². The molecule has 8 heteroatoms. The fraction of sp³-hybridized carbons (Fsp3) is 0.500. The van der Waals surface area contributed by atoms with E-state index < -0.39 is 0 Å². The molecular weight excluding hydrogens is 540 g/mol. The van der Waals surface area contributed by atoms with Crippen LogP contribution in [0.25, 0.3) is 0 Å². The molecule has 32 heavy (non-hydrogen) atoms. The van der Waals surface area contributed by atoms with Crippen molar-refractivity contribution < 1.29 is 20.4 Å². The second-order valence-electron chi connectivity index (χ2n) is 8.47. The van der Waals surface area contributed by atoms with Crippen LogP contribution in [0.4, 0.5) is 0 Å². The van der Waals surface area contributed by atoms with Crippen molar-refractivity contribution in [3.63, 3.8) is 0 Å². The zero-order chi connectivity index (χ0) is 21.5. The third kappa shape index (κ3) is 8.46. The third-order valence-electron chi connectivity index (χ3n) is 6.05. The number of aromatic hydroxyl groups is 4. The van der Waals surface area contributed by atoms with E-state index in [4.69, 9.17) is 5.73 Å². The van der Waals surface area contributed by atoms with E-state index in [9.17, 15) is 20.4 Å². The van der Waals surface area contributed by atoms with Crippen LogP contribution in [0.3, 0.4) is 0 Å². The molecule has 0 fully saturated rings. The van der Waals surface area contributed by atoms with Crippen molar-refractivity contribution in [2.75, 3.05) is 6.54 Å². The molecule has 0 heterocycles. The second kappa shape index (κ2) is 13.9. The summed E-state index contributed by atoms with van der Waals surface area (Å²) in [6.07, 6.45) is 8.87. The van der Waals surface area contributed by atoms with E-state index >= 15 is 0 Å². The van der Waals surface area contributed by atoms with Gasteiger partial charge in [-0.25, -0.2) is 0 Å². The Hall–Kier alpha value is -1.48. The molecule has 0 spiro atoms. The summed E-state index contributed by atoms with van der Waals surface area (Å²) >= 11 is 0. The summed E-state index contributed by atoms with van der Waals surface area (Å²) in [5, 5.41) is 41.9. The lowest BCUT2D eigenvalue weighted by Crippen LogP contribution is -2.35. The minimum Gasteiger partial charge on any atom is -0.504 e. The van der Waals surface area contributed by atoms with Gasteiger partial charge in [-0.15, -0.1) is 34.0 Å². The third-order valence-corrected chi connectivity index (χ3v) is 6.05. The molecule has 1 aliphatic rings. The highest BCUT2D eigenvalue weighted by Crippen LogP contribution is 2.32. The maximum atomic E-state index is 9.70. The first-order valence-corrected chi connectivity index (χ1v) is 11.0. The highest BCUT2D eigenvalue weighted by molar-refractivity contribution is 8.93. The van der Waals surface area contributed by atoms with Gasteiger partial charge in [-0.3, -0.25) is 0 Å². The molecule has 0 saturated carbocycles. The van der Waals surface area contributed by atoms with Crippen molar-refractivity contribution in [1.82, 2.24) is 5.32 Å². The number of fused-ring (bicyclic) bond motifs is 1. The van der Waals surface area contributed by atoms with Gasteiger partial charge in [0.25, 0.3) is 0 Å². The average molecular weight is 576 g/mol. The summed E-state index contributed by atoms with van der Waals surface area (Å²) in [4.78, 5) is 0. The molecule has 6 nitrogen and oxygen atoms in total. The lowest BCUT2D eigenvalue weighted by Gasteiger charge is -2.26. The van der Waals surface area contributed by atoms with Crippen LogP contribution >= 0.6 is 34.0 Å². The average Bonchev–Trinajstić information content (AvgIpc) is 2.72. The number of phenolic OH excluding ortho intramolecular Hbond substituents is 4. The number of benzene rings is 2. The minimum absolute atomic E-state index is 0. The molecule has 0 aromatic heterocycles. The van der Waals surface area contributed by atoms with Crippen LogP contribution < -0.4 is 11.1 Å². The van der Waals surface area contributed by atoms with E-state index in [2.05, 4.69) is 5.32 Å². The SMILES string of the molecule is Br.Br.NC(CCCCCNC1CCc2cc(O)c(O)cc2C1)CCc1ccc(O)c(O)c1. The number of rotatable bonds is 10. The van der Waals surface area contributed by atoms with Gasteiger partial charge in [-0.05, 0) is 92.4 Å². The van der Waals surface area contributed by atoms with E-state index in [0.717, 1.165) is 81.0 Å². The number of hydrogen-bond acceptors (Lipinski definition) is 6. The van der Waals surface area contributed by atoms with E-state index in [1.165, 1.54) is 6.07 Å². The van der Waals surface area contributed by atoms with Crippen LogP contribution in [0, 0.1) is 0 Å². The largest absolute Gasteiger partial charge is 0.504 e. The Balaban J connectivity index is 0.00000256. The number of phenols is 4. The second-order valence-corrected chi connectivity index (χ2v) is 8.47. The van der Waals surface area contributed by atoms with Crippen LogP contribution in [0.5, 0.6) is 23.0 Å². The molecule has 0 amide bonds. The van der Waals surface area contributed by atoms with Crippen molar-refractivity contribution in [1.29, 1.82) is 0 Å². The van der Waals surface area contributed by atoms with Crippen LogP contribution in [0.2, 0.25) is 0 Å². The standard InChI is InChI=1S/C24H34N2O4.2BrH/c25-19(8-5-16-6-10-21(27)22(28)12-16)4-2-1-3-11-26-20-9-7-17-14-23(29)24(30)15-18(17)13-20;;/h6,10,12,14-15,19-20,26-30H,1-5,7-9,11,13,25H2;2*1H. The molecule has 7 N–H and O–H groups in total. The molecule has 2 unspecified atom stereocenters. The molecule has 2 atom stereocenters. The lowest BCUT2D eigenvalue weighted by molar-refractivity contribution is 0.397. The van der Waals surface area contributed by atoms with Gasteiger partial charge < -0.3 is 31.5 Å². The molecule has 1 aliphatic carbocycles. The van der Waals surface area contributed by atoms with Crippen LogP contribution in [0.1, 0.15) is 55.2 Å². The number of halogens is 2. The van der Waals surface area contributed by atoms with Gasteiger partial charge in [0.05, 0.1) is 0 Å². The van der Waals surface area contributed by atoms with E-state index in [-0.39, 0.29) is 63.0 Å². The summed E-state index contributed by atoms with van der Waals surface area (Å²) < 4.78 is 0. The van der Waals surface area contributed by atoms with Gasteiger partial charge >= 0.3 is 0 Å². The Morgan fingerprint density at radius 3 is 2.25 bits per heavy atom. The van der Waals surface area contributed by atoms with E-state index in [1.54, 1.807) is 18.2 Å². The Labute approximate surface area is 211 Å². The fourth-order valence-corrected chi connectivity index (χ4v) is 4.19. The lowest BCUT2D eigenvalue weighted by atomic mass is 9.88. The maximum absolute atomic E-state index is 9.70. The predicted molar refractivity (Wildman–Crippen MR) is 139 cm³/mol. The Kier molecular flexibility index (Phi) is 12.4. The first kappa shape index (κ1) is 28.6. The summed E-state index contributed by atoms with van der Waals surface area (Å²) in [7, 11) is 0. The van der Waals surface area contributed by atoms with Crippen molar-refractivity contribution >= 4 is 34.0 Å². The monoisotopic (exact) mass is 574 g/mol. The van der Waals surface area contributed by atoms with Crippen LogP contribution in [0.15, 0.2) is 30.3 Å². The Morgan fingerprint density at radius 2 is 1.53 bits per heavy atom. The van der Waals surface area contributed by atoms with Gasteiger partial charge in [-0.1, -0.05) is 18.9 Å². The van der Waals surface area contributed by atoms with Crippen LogP contribution in [-0.2, 0) is 19.3 Å². The molecule has 3 rings (SSSR count). The highest BCUT2D eigenvalue weighted by Gasteiger charge is 2.19. The molecule has 0 radical (unpaired) electrons. The number of nitrogens with one attached hydrogen (secondary N) is 1. The van der Waals surface area contributed by atoms with Crippen molar-refractivity contribution in [3.8, 4) is 23.0 Å². The smallest absolute Gasteiger partial charge is 0.157 e. The zero-order valence-corrected chi connectivity index (χ0v) is 21.7. The topological polar surface area (TPSA) is 119 Å². The van der Waals surface area contributed by atoms with Crippen LogP contribution in [-0.4, -0.2) is 39.1 Å². The summed E-state index contributed by atoms with van der Waals surface area (Å²) in [5.74, 6) is -0.232. The van der Waals surface area contributed by atoms with Gasteiger partial charge in [0, 0.05) is 12.1 Å². The van der Waals surface area contributed by atoms with Gasteiger partial charge in [0.2, 0.25) is 0 Å². The molecule has 0 aliphatic heterocycles. The molecular formula is C24H36Br2N2O4. The molecule has 2 aromatic rings. The van der Waals surface area contributed by atoms with Gasteiger partial charge in [-0.2, -0.15) is 0 Å².